The van der Waals surface area contributed by atoms with Gasteiger partial charge in [-0.1, -0.05) is 29.8 Å². The molecule has 0 aliphatic heterocycles. The van der Waals surface area contributed by atoms with Crippen molar-refractivity contribution in [2.24, 2.45) is 0 Å². The van der Waals surface area contributed by atoms with Gasteiger partial charge in [-0.05, 0) is 42.3 Å². The molecule has 1 heterocycles. The van der Waals surface area contributed by atoms with Crippen molar-refractivity contribution in [1.82, 2.24) is 9.97 Å². The fourth-order valence-electron chi connectivity index (χ4n) is 2.26. The fraction of sp³-hybridized carbons (Fsp3) is 0.105. The molecule has 0 aliphatic rings. The molecule has 1 amide bonds. The minimum Gasteiger partial charge on any atom is -0.350 e. The maximum atomic E-state index is 12.9. The van der Waals surface area contributed by atoms with Gasteiger partial charge in [0.2, 0.25) is 5.95 Å². The van der Waals surface area contributed by atoms with E-state index < -0.39 is 0 Å². The average molecular weight is 371 g/mol. The Balaban J connectivity index is 1.62. The van der Waals surface area contributed by atoms with E-state index >= 15 is 0 Å². The molecule has 0 bridgehead atoms. The molecule has 7 heteroatoms. The van der Waals surface area contributed by atoms with Crippen LogP contribution in [0.1, 0.15) is 21.5 Å². The van der Waals surface area contributed by atoms with Crippen molar-refractivity contribution in [2.45, 2.75) is 13.5 Å². The third-order valence-electron chi connectivity index (χ3n) is 3.79. The van der Waals surface area contributed by atoms with Crippen LogP contribution < -0.4 is 10.6 Å². The largest absolute Gasteiger partial charge is 0.350 e. The molecule has 3 rings (SSSR count). The Morgan fingerprint density at radius 1 is 1.12 bits per heavy atom. The number of hydrogen-bond acceptors (Lipinski definition) is 4. The van der Waals surface area contributed by atoms with Gasteiger partial charge in [0.15, 0.2) is 0 Å². The predicted octanol–water partition coefficient (Wildman–Crippen LogP) is 4.44. The maximum Gasteiger partial charge on any atom is 0.258 e. The molecule has 1 aromatic heterocycles. The second kappa shape index (κ2) is 7.93. The van der Waals surface area contributed by atoms with Gasteiger partial charge in [-0.15, -0.1) is 0 Å². The quantitative estimate of drug-likeness (QED) is 0.696. The molecule has 26 heavy (non-hydrogen) atoms. The molecule has 2 aromatic carbocycles. The van der Waals surface area contributed by atoms with E-state index in [1.54, 1.807) is 30.3 Å². The number of anilines is 2. The van der Waals surface area contributed by atoms with Crippen molar-refractivity contribution in [3.8, 4) is 0 Å². The topological polar surface area (TPSA) is 66.9 Å². The van der Waals surface area contributed by atoms with Crippen LogP contribution in [-0.4, -0.2) is 15.9 Å². The number of nitrogens with zero attached hydrogens (tertiary/aromatic N) is 2. The summed E-state index contributed by atoms with van der Waals surface area (Å²) in [6.45, 7) is 2.28. The van der Waals surface area contributed by atoms with E-state index in [-0.39, 0.29) is 11.7 Å². The Hall–Kier alpha value is -2.99. The van der Waals surface area contributed by atoms with Gasteiger partial charge < -0.3 is 10.6 Å². The summed E-state index contributed by atoms with van der Waals surface area (Å²) in [5.41, 5.74) is 2.66. The summed E-state index contributed by atoms with van der Waals surface area (Å²) in [6.07, 6.45) is 2.88. The summed E-state index contributed by atoms with van der Waals surface area (Å²) < 4.78 is 12.9. The number of rotatable bonds is 5. The van der Waals surface area contributed by atoms with E-state index in [2.05, 4.69) is 20.6 Å². The molecular formula is C19H16ClFN4O. The lowest BCUT2D eigenvalue weighted by atomic mass is 10.2. The Kier molecular flexibility index (Phi) is 5.43. The zero-order valence-electron chi connectivity index (χ0n) is 14.0. The highest BCUT2D eigenvalue weighted by Crippen LogP contribution is 2.23. The van der Waals surface area contributed by atoms with E-state index in [0.29, 0.717) is 28.8 Å². The lowest BCUT2D eigenvalue weighted by Gasteiger charge is -2.09. The number of amides is 1. The molecule has 5 nitrogen and oxygen atoms in total. The number of carbonyl (C=O) groups excluding carboxylic acids is 1. The van der Waals surface area contributed by atoms with Crippen LogP contribution in [0.15, 0.2) is 54.9 Å². The number of halogens is 2. The standard InChI is InChI=1S/C19H16ClFN4O/c1-12-16(20)3-2-4-17(12)25-18(26)14-10-23-19(24-11-14)22-9-13-5-7-15(21)8-6-13/h2-8,10-11H,9H2,1H3,(H,25,26)(H,22,23,24). The first-order valence-corrected chi connectivity index (χ1v) is 8.27. The van der Waals surface area contributed by atoms with Crippen molar-refractivity contribution >= 4 is 29.1 Å². The van der Waals surface area contributed by atoms with Crippen molar-refractivity contribution in [3.63, 3.8) is 0 Å². The highest BCUT2D eigenvalue weighted by Gasteiger charge is 2.10. The summed E-state index contributed by atoms with van der Waals surface area (Å²) in [5.74, 6) is -0.222. The van der Waals surface area contributed by atoms with Crippen LogP contribution in [0.5, 0.6) is 0 Å². The Bertz CT molecular complexity index is 914. The van der Waals surface area contributed by atoms with E-state index in [9.17, 15) is 9.18 Å². The van der Waals surface area contributed by atoms with Gasteiger partial charge in [0.1, 0.15) is 5.82 Å². The third kappa shape index (κ3) is 4.34. The van der Waals surface area contributed by atoms with Crippen LogP contribution in [0, 0.1) is 12.7 Å². The summed E-state index contributed by atoms with van der Waals surface area (Å²) in [6, 6.07) is 11.4. The predicted molar refractivity (Wildman–Crippen MR) is 99.9 cm³/mol. The molecule has 0 unspecified atom stereocenters. The van der Waals surface area contributed by atoms with Gasteiger partial charge in [0.25, 0.3) is 5.91 Å². The zero-order valence-corrected chi connectivity index (χ0v) is 14.7. The second-order valence-corrected chi connectivity index (χ2v) is 6.05. The summed E-state index contributed by atoms with van der Waals surface area (Å²) >= 11 is 6.05. The molecule has 2 N–H and O–H groups in total. The minimum absolute atomic E-state index is 0.282. The van der Waals surface area contributed by atoms with Crippen molar-refractivity contribution in [1.29, 1.82) is 0 Å². The third-order valence-corrected chi connectivity index (χ3v) is 4.20. The molecule has 0 saturated heterocycles. The van der Waals surface area contributed by atoms with E-state index in [0.717, 1.165) is 11.1 Å². The lowest BCUT2D eigenvalue weighted by Crippen LogP contribution is -2.14. The van der Waals surface area contributed by atoms with Gasteiger partial charge in [-0.2, -0.15) is 0 Å². The van der Waals surface area contributed by atoms with Gasteiger partial charge in [-0.25, -0.2) is 14.4 Å². The van der Waals surface area contributed by atoms with Gasteiger partial charge in [0.05, 0.1) is 5.56 Å². The number of nitrogens with one attached hydrogen (secondary N) is 2. The first-order chi connectivity index (χ1) is 12.5. The summed E-state index contributed by atoms with van der Waals surface area (Å²) in [5, 5.41) is 6.39. The van der Waals surface area contributed by atoms with E-state index in [1.165, 1.54) is 24.5 Å². The molecule has 0 spiro atoms. The molecule has 0 radical (unpaired) electrons. The Morgan fingerprint density at radius 3 is 2.50 bits per heavy atom. The highest BCUT2D eigenvalue weighted by atomic mass is 35.5. The number of aromatic nitrogens is 2. The molecule has 0 atom stereocenters. The van der Waals surface area contributed by atoms with Crippen LogP contribution in [-0.2, 0) is 6.54 Å². The normalized spacial score (nSPS) is 10.4. The van der Waals surface area contributed by atoms with E-state index in [4.69, 9.17) is 11.6 Å². The van der Waals surface area contributed by atoms with Crippen LogP contribution in [0.25, 0.3) is 0 Å². The monoisotopic (exact) mass is 370 g/mol. The first-order valence-electron chi connectivity index (χ1n) is 7.90. The maximum absolute atomic E-state index is 12.9. The Labute approximate surface area is 155 Å². The molecule has 0 aliphatic carbocycles. The zero-order chi connectivity index (χ0) is 18.5. The highest BCUT2D eigenvalue weighted by molar-refractivity contribution is 6.31. The van der Waals surface area contributed by atoms with Crippen molar-refractivity contribution in [3.05, 3.63) is 82.4 Å². The number of hydrogen-bond donors (Lipinski definition) is 2. The average Bonchev–Trinajstić information content (AvgIpc) is 2.65. The second-order valence-electron chi connectivity index (χ2n) is 5.64. The Morgan fingerprint density at radius 2 is 1.81 bits per heavy atom. The molecular weight excluding hydrogens is 355 g/mol. The lowest BCUT2D eigenvalue weighted by molar-refractivity contribution is 0.102. The molecule has 3 aromatic rings. The number of carbonyl (C=O) groups is 1. The van der Waals surface area contributed by atoms with Crippen LogP contribution in [0.4, 0.5) is 16.0 Å². The van der Waals surface area contributed by atoms with Crippen LogP contribution in [0.2, 0.25) is 5.02 Å². The van der Waals surface area contributed by atoms with E-state index in [1.807, 2.05) is 6.92 Å². The minimum atomic E-state index is -0.319. The molecule has 132 valence electrons. The smallest absolute Gasteiger partial charge is 0.258 e. The first kappa shape index (κ1) is 17.8. The number of benzene rings is 2. The summed E-state index contributed by atoms with van der Waals surface area (Å²) in [4.78, 5) is 20.6. The van der Waals surface area contributed by atoms with Gasteiger partial charge in [0, 0.05) is 29.6 Å². The van der Waals surface area contributed by atoms with Crippen LogP contribution >= 0.6 is 11.6 Å². The molecule has 0 saturated carbocycles. The SMILES string of the molecule is Cc1c(Cl)cccc1NC(=O)c1cnc(NCc2ccc(F)cc2)nc1. The van der Waals surface area contributed by atoms with Crippen molar-refractivity contribution in [2.75, 3.05) is 10.6 Å². The van der Waals surface area contributed by atoms with Gasteiger partial charge in [-0.3, -0.25) is 4.79 Å². The summed E-state index contributed by atoms with van der Waals surface area (Å²) in [7, 11) is 0. The van der Waals surface area contributed by atoms with Crippen molar-refractivity contribution < 1.29 is 9.18 Å². The molecule has 0 fully saturated rings. The fourth-order valence-corrected chi connectivity index (χ4v) is 2.43. The van der Waals surface area contributed by atoms with Gasteiger partial charge >= 0.3 is 0 Å². The van der Waals surface area contributed by atoms with Crippen LogP contribution in [0.3, 0.4) is 0 Å².